The average molecular weight is 393 g/mol. The highest BCUT2D eigenvalue weighted by Crippen LogP contribution is 2.41. The van der Waals surface area contributed by atoms with E-state index in [4.69, 9.17) is 4.74 Å². The Labute approximate surface area is 171 Å². The molecule has 0 fully saturated rings. The van der Waals surface area contributed by atoms with Crippen LogP contribution in [-0.2, 0) is 4.79 Å². The molecular weight excluding hydrogens is 366 g/mol. The lowest BCUT2D eigenvalue weighted by molar-refractivity contribution is -0.116. The minimum atomic E-state index is -0.456. The first-order valence-corrected chi connectivity index (χ1v) is 10.3. The molecule has 2 aromatic carbocycles. The monoisotopic (exact) mass is 393 g/mol. The second-order valence-corrected chi connectivity index (χ2v) is 7.45. The normalized spacial score (nSPS) is 17.6. The van der Waals surface area contributed by atoms with Gasteiger partial charge in [-0.05, 0) is 30.7 Å². The number of nitrogens with one attached hydrogen (secondary N) is 3. The van der Waals surface area contributed by atoms with Crippen molar-refractivity contribution in [2.24, 2.45) is 0 Å². The maximum absolute atomic E-state index is 12.5. The number of anilines is 2. The summed E-state index contributed by atoms with van der Waals surface area (Å²) in [4.78, 5) is 12.5. The summed E-state index contributed by atoms with van der Waals surface area (Å²) in [6, 6.07) is 12.7. The number of carbonyl (C=O) groups is 1. The molecule has 1 unspecified atom stereocenters. The van der Waals surface area contributed by atoms with Crippen LogP contribution in [-0.4, -0.2) is 24.2 Å². The third kappa shape index (κ3) is 4.01. The molecule has 4 N–H and O–H groups in total. The van der Waals surface area contributed by atoms with Crippen molar-refractivity contribution >= 4 is 17.3 Å². The van der Waals surface area contributed by atoms with Gasteiger partial charge in [0.15, 0.2) is 0 Å². The van der Waals surface area contributed by atoms with Gasteiger partial charge >= 0.3 is 0 Å². The first-order chi connectivity index (χ1) is 14.2. The van der Waals surface area contributed by atoms with E-state index in [9.17, 15) is 9.90 Å². The number of carbonyl (C=O) groups excluding carboxylic acids is 1. The van der Waals surface area contributed by atoms with Crippen LogP contribution in [0.4, 0.5) is 11.4 Å². The minimum absolute atomic E-state index is 0.111. The molecule has 2 aliphatic rings. The van der Waals surface area contributed by atoms with Crippen LogP contribution in [0.25, 0.3) is 0 Å². The number of hydrogen-bond donors (Lipinski definition) is 4. The summed E-state index contributed by atoms with van der Waals surface area (Å²) in [5.74, 6) is 0.618. The van der Waals surface area contributed by atoms with E-state index in [1.807, 2.05) is 36.4 Å². The van der Waals surface area contributed by atoms with Gasteiger partial charge in [-0.2, -0.15) is 0 Å². The molecule has 152 valence electrons. The molecule has 0 aromatic heterocycles. The van der Waals surface area contributed by atoms with Gasteiger partial charge in [-0.15, -0.1) is 0 Å². The molecular formula is C23H27N3O3. The van der Waals surface area contributed by atoms with Gasteiger partial charge in [0.25, 0.3) is 5.91 Å². The molecule has 2 aromatic rings. The van der Waals surface area contributed by atoms with Gasteiger partial charge in [-0.25, -0.2) is 0 Å². The maximum atomic E-state index is 12.5. The average Bonchev–Trinajstić information content (AvgIpc) is 2.98. The first-order valence-electron chi connectivity index (χ1n) is 10.3. The lowest BCUT2D eigenvalue weighted by Crippen LogP contribution is -2.24. The highest BCUT2D eigenvalue weighted by Gasteiger charge is 2.35. The Bertz CT molecular complexity index is 939. The maximum Gasteiger partial charge on any atom is 0.251 e. The first kappa shape index (κ1) is 19.2. The van der Waals surface area contributed by atoms with Crippen LogP contribution in [0.5, 0.6) is 11.5 Å². The van der Waals surface area contributed by atoms with Crippen molar-refractivity contribution in [2.75, 3.05) is 23.8 Å². The van der Waals surface area contributed by atoms with Crippen LogP contribution in [0.1, 0.15) is 44.2 Å². The van der Waals surface area contributed by atoms with Gasteiger partial charge in [-0.1, -0.05) is 38.3 Å². The number of fused-ring (bicyclic) bond motifs is 1. The summed E-state index contributed by atoms with van der Waals surface area (Å²) in [5.41, 5.74) is 3.87. The van der Waals surface area contributed by atoms with Crippen LogP contribution < -0.4 is 20.7 Å². The van der Waals surface area contributed by atoms with Gasteiger partial charge in [0.05, 0.1) is 36.1 Å². The second kappa shape index (κ2) is 8.47. The summed E-state index contributed by atoms with van der Waals surface area (Å²) in [5, 5.41) is 20.4. The number of para-hydroxylation sites is 2. The standard InChI is InChI=1S/C23H27N3O3/c1-2-3-4-7-12-29-15-10-11-16(20(27)13-15)22-21-19(14-24-23(21)28)25-17-8-5-6-9-18(17)26-22/h5-6,8-11,13,22,25-27H,2-4,7,12,14H2,1H3,(H,24,28). The Balaban J connectivity index is 1.59. The van der Waals surface area contributed by atoms with Crippen LogP contribution >= 0.6 is 0 Å². The van der Waals surface area contributed by atoms with Crippen LogP contribution in [0.15, 0.2) is 53.7 Å². The van der Waals surface area contributed by atoms with Gasteiger partial charge in [-0.3, -0.25) is 4.79 Å². The van der Waals surface area contributed by atoms with Gasteiger partial charge in [0.1, 0.15) is 11.5 Å². The van der Waals surface area contributed by atoms with Crippen molar-refractivity contribution in [1.29, 1.82) is 0 Å². The summed E-state index contributed by atoms with van der Waals surface area (Å²) in [6.45, 7) is 3.26. The molecule has 0 aliphatic carbocycles. The Hall–Kier alpha value is -3.15. The van der Waals surface area contributed by atoms with Crippen LogP contribution in [0, 0.1) is 0 Å². The molecule has 6 heteroatoms. The number of ether oxygens (including phenoxy) is 1. The molecule has 0 radical (unpaired) electrons. The summed E-state index contributed by atoms with van der Waals surface area (Å²) >= 11 is 0. The fourth-order valence-corrected chi connectivity index (χ4v) is 3.83. The number of phenolic OH excluding ortho intramolecular Hbond substituents is 1. The third-order valence-corrected chi connectivity index (χ3v) is 5.38. The summed E-state index contributed by atoms with van der Waals surface area (Å²) in [7, 11) is 0. The van der Waals surface area contributed by atoms with Crippen molar-refractivity contribution in [1.82, 2.24) is 5.32 Å². The molecule has 6 nitrogen and oxygen atoms in total. The number of amides is 1. The Morgan fingerprint density at radius 3 is 2.72 bits per heavy atom. The molecule has 2 heterocycles. The van der Waals surface area contributed by atoms with E-state index >= 15 is 0 Å². The zero-order chi connectivity index (χ0) is 20.2. The van der Waals surface area contributed by atoms with E-state index in [-0.39, 0.29) is 11.7 Å². The Kier molecular flexibility index (Phi) is 5.60. The molecule has 0 saturated carbocycles. The van der Waals surface area contributed by atoms with E-state index in [2.05, 4.69) is 22.9 Å². The van der Waals surface area contributed by atoms with Gasteiger partial charge in [0, 0.05) is 17.3 Å². The predicted octanol–water partition coefficient (Wildman–Crippen LogP) is 4.31. The van der Waals surface area contributed by atoms with Crippen molar-refractivity contribution in [3.8, 4) is 11.5 Å². The highest BCUT2D eigenvalue weighted by atomic mass is 16.5. The quantitative estimate of drug-likeness (QED) is 0.527. The second-order valence-electron chi connectivity index (χ2n) is 7.45. The molecule has 0 spiro atoms. The van der Waals surface area contributed by atoms with E-state index in [1.165, 1.54) is 12.8 Å². The number of unbranched alkanes of at least 4 members (excludes halogenated alkanes) is 3. The molecule has 0 bridgehead atoms. The lowest BCUT2D eigenvalue weighted by atomic mass is 9.96. The SMILES string of the molecule is CCCCCCOc1ccc(C2Nc3ccccc3NC3=C2C(=O)NC3)c(O)c1. The zero-order valence-electron chi connectivity index (χ0n) is 16.6. The van der Waals surface area contributed by atoms with E-state index in [0.29, 0.717) is 30.0 Å². The van der Waals surface area contributed by atoms with Gasteiger partial charge < -0.3 is 25.8 Å². The predicted molar refractivity (Wildman–Crippen MR) is 114 cm³/mol. The van der Waals surface area contributed by atoms with Crippen molar-refractivity contribution in [2.45, 2.75) is 38.6 Å². The Morgan fingerprint density at radius 1 is 1.10 bits per heavy atom. The molecule has 1 atom stereocenters. The number of aromatic hydroxyl groups is 1. The molecule has 29 heavy (non-hydrogen) atoms. The molecule has 1 amide bonds. The number of rotatable bonds is 7. The Morgan fingerprint density at radius 2 is 1.93 bits per heavy atom. The fourth-order valence-electron chi connectivity index (χ4n) is 3.83. The van der Waals surface area contributed by atoms with E-state index < -0.39 is 6.04 Å². The number of benzene rings is 2. The summed E-state index contributed by atoms with van der Waals surface area (Å²) in [6.07, 6.45) is 4.54. The summed E-state index contributed by atoms with van der Waals surface area (Å²) < 4.78 is 5.78. The fraction of sp³-hybridized carbons (Fsp3) is 0.348. The number of hydrogen-bond acceptors (Lipinski definition) is 5. The van der Waals surface area contributed by atoms with Crippen molar-refractivity contribution in [3.63, 3.8) is 0 Å². The number of phenols is 1. The third-order valence-electron chi connectivity index (χ3n) is 5.38. The minimum Gasteiger partial charge on any atom is -0.507 e. The van der Waals surface area contributed by atoms with Crippen LogP contribution in [0.3, 0.4) is 0 Å². The van der Waals surface area contributed by atoms with Gasteiger partial charge in [0.2, 0.25) is 0 Å². The largest absolute Gasteiger partial charge is 0.507 e. The van der Waals surface area contributed by atoms with Crippen molar-refractivity contribution in [3.05, 3.63) is 59.3 Å². The lowest BCUT2D eigenvalue weighted by Gasteiger charge is -2.21. The van der Waals surface area contributed by atoms with E-state index in [0.717, 1.165) is 29.9 Å². The molecule has 0 saturated heterocycles. The van der Waals surface area contributed by atoms with Crippen molar-refractivity contribution < 1.29 is 14.6 Å². The topological polar surface area (TPSA) is 82.6 Å². The zero-order valence-corrected chi connectivity index (χ0v) is 16.6. The molecule has 2 aliphatic heterocycles. The van der Waals surface area contributed by atoms with E-state index in [1.54, 1.807) is 6.07 Å². The van der Waals surface area contributed by atoms with Crippen LogP contribution in [0.2, 0.25) is 0 Å². The highest BCUT2D eigenvalue weighted by molar-refractivity contribution is 6.01. The smallest absolute Gasteiger partial charge is 0.251 e. The molecule has 4 rings (SSSR count).